The van der Waals surface area contributed by atoms with Crippen molar-refractivity contribution in [2.24, 2.45) is 0 Å². The lowest BCUT2D eigenvalue weighted by Gasteiger charge is -2.28. The summed E-state index contributed by atoms with van der Waals surface area (Å²) < 4.78 is 5.52. The number of halogens is 2. The summed E-state index contributed by atoms with van der Waals surface area (Å²) in [5.74, 6) is 0. The zero-order valence-corrected chi connectivity index (χ0v) is 11.4. The summed E-state index contributed by atoms with van der Waals surface area (Å²) in [4.78, 5) is 0. The van der Waals surface area contributed by atoms with Crippen molar-refractivity contribution in [3.8, 4) is 0 Å². The summed E-state index contributed by atoms with van der Waals surface area (Å²) in [7, 11) is 0. The summed E-state index contributed by atoms with van der Waals surface area (Å²) in [5, 5.41) is 4.93. The summed E-state index contributed by atoms with van der Waals surface area (Å²) in [5.41, 5.74) is 1.09. The monoisotopic (exact) mass is 273 g/mol. The molecule has 0 spiro atoms. The van der Waals surface area contributed by atoms with Crippen LogP contribution in [0.4, 0.5) is 0 Å². The van der Waals surface area contributed by atoms with Gasteiger partial charge in [0.05, 0.1) is 6.10 Å². The molecule has 2 nitrogen and oxygen atoms in total. The van der Waals surface area contributed by atoms with Crippen LogP contribution in [0.25, 0.3) is 0 Å². The number of hydrogen-bond acceptors (Lipinski definition) is 2. The number of nitrogens with one attached hydrogen (secondary N) is 1. The van der Waals surface area contributed by atoms with Gasteiger partial charge in [-0.25, -0.2) is 0 Å². The Morgan fingerprint density at radius 2 is 2.24 bits per heavy atom. The van der Waals surface area contributed by atoms with Crippen LogP contribution in [0, 0.1) is 0 Å². The lowest BCUT2D eigenvalue weighted by molar-refractivity contribution is 0.0130. The second-order valence-electron chi connectivity index (χ2n) is 4.52. The van der Waals surface area contributed by atoms with Crippen molar-refractivity contribution < 1.29 is 4.74 Å². The van der Waals surface area contributed by atoms with E-state index in [1.165, 1.54) is 0 Å². The van der Waals surface area contributed by atoms with Crippen LogP contribution >= 0.6 is 23.2 Å². The Labute approximate surface area is 112 Å². The van der Waals surface area contributed by atoms with Gasteiger partial charge in [0.2, 0.25) is 0 Å². The summed E-state index contributed by atoms with van der Waals surface area (Å²) in [6.07, 6.45) is 2.47. The SMILES string of the molecule is CC1CC(NCc2ccc(Cl)cc2Cl)CCO1. The third-order valence-electron chi connectivity index (χ3n) is 3.08. The Morgan fingerprint density at radius 1 is 1.41 bits per heavy atom. The molecule has 17 heavy (non-hydrogen) atoms. The Kier molecular flexibility index (Phi) is 4.69. The van der Waals surface area contributed by atoms with E-state index >= 15 is 0 Å². The molecule has 1 N–H and O–H groups in total. The lowest BCUT2D eigenvalue weighted by atomic mass is 10.0. The standard InChI is InChI=1S/C13H17Cl2NO/c1-9-6-12(4-5-17-9)16-8-10-2-3-11(14)7-13(10)15/h2-3,7,9,12,16H,4-6,8H2,1H3. The Morgan fingerprint density at radius 3 is 2.94 bits per heavy atom. The predicted molar refractivity (Wildman–Crippen MR) is 71.7 cm³/mol. The highest BCUT2D eigenvalue weighted by molar-refractivity contribution is 6.35. The Balaban J connectivity index is 1.88. The molecule has 1 aliphatic heterocycles. The maximum absolute atomic E-state index is 6.13. The van der Waals surface area contributed by atoms with E-state index in [1.54, 1.807) is 6.07 Å². The molecule has 1 aromatic rings. The van der Waals surface area contributed by atoms with Crippen LogP contribution in [0.5, 0.6) is 0 Å². The number of ether oxygens (including phenoxy) is 1. The van der Waals surface area contributed by atoms with Crippen molar-refractivity contribution in [2.45, 2.75) is 38.5 Å². The Hall–Kier alpha value is -0.280. The molecule has 0 aromatic heterocycles. The summed E-state index contributed by atoms with van der Waals surface area (Å²) in [6, 6.07) is 6.15. The number of rotatable bonds is 3. The van der Waals surface area contributed by atoms with E-state index in [0.29, 0.717) is 17.2 Å². The van der Waals surface area contributed by atoms with Gasteiger partial charge in [0.1, 0.15) is 0 Å². The van der Waals surface area contributed by atoms with Crippen LogP contribution in [-0.2, 0) is 11.3 Å². The fourth-order valence-electron chi connectivity index (χ4n) is 2.10. The average molecular weight is 274 g/mol. The lowest BCUT2D eigenvalue weighted by Crippen LogP contribution is -2.37. The molecule has 0 aliphatic carbocycles. The van der Waals surface area contributed by atoms with E-state index < -0.39 is 0 Å². The summed E-state index contributed by atoms with van der Waals surface area (Å²) >= 11 is 12.0. The quantitative estimate of drug-likeness (QED) is 0.908. The van der Waals surface area contributed by atoms with E-state index in [0.717, 1.165) is 36.6 Å². The molecule has 0 bridgehead atoms. The van der Waals surface area contributed by atoms with Gasteiger partial charge in [0.25, 0.3) is 0 Å². The van der Waals surface area contributed by atoms with E-state index in [9.17, 15) is 0 Å². The van der Waals surface area contributed by atoms with Gasteiger partial charge in [-0.2, -0.15) is 0 Å². The van der Waals surface area contributed by atoms with Gasteiger partial charge in [0, 0.05) is 29.2 Å². The van der Waals surface area contributed by atoms with Crippen molar-refractivity contribution >= 4 is 23.2 Å². The third kappa shape index (κ3) is 3.85. The van der Waals surface area contributed by atoms with Crippen molar-refractivity contribution in [1.29, 1.82) is 0 Å². The molecule has 0 amide bonds. The molecule has 0 radical (unpaired) electrons. The molecule has 1 aromatic carbocycles. The largest absolute Gasteiger partial charge is 0.378 e. The molecular formula is C13H17Cl2NO. The van der Waals surface area contributed by atoms with Gasteiger partial charge >= 0.3 is 0 Å². The smallest absolute Gasteiger partial charge is 0.0561 e. The first-order valence-corrected chi connectivity index (χ1v) is 6.69. The average Bonchev–Trinajstić information content (AvgIpc) is 2.28. The summed E-state index contributed by atoms with van der Waals surface area (Å²) in [6.45, 7) is 3.74. The fraction of sp³-hybridized carbons (Fsp3) is 0.538. The van der Waals surface area contributed by atoms with Gasteiger partial charge < -0.3 is 10.1 Å². The molecule has 2 unspecified atom stereocenters. The van der Waals surface area contributed by atoms with Crippen molar-refractivity contribution in [3.63, 3.8) is 0 Å². The van der Waals surface area contributed by atoms with Crippen LogP contribution < -0.4 is 5.32 Å². The van der Waals surface area contributed by atoms with E-state index in [2.05, 4.69) is 12.2 Å². The Bertz CT molecular complexity index is 384. The molecule has 1 saturated heterocycles. The van der Waals surface area contributed by atoms with Crippen LogP contribution in [0.15, 0.2) is 18.2 Å². The van der Waals surface area contributed by atoms with Crippen LogP contribution in [0.2, 0.25) is 10.0 Å². The van der Waals surface area contributed by atoms with Crippen LogP contribution in [0.3, 0.4) is 0 Å². The first-order valence-electron chi connectivity index (χ1n) is 5.94. The third-order valence-corrected chi connectivity index (χ3v) is 3.67. The minimum atomic E-state index is 0.349. The number of hydrogen-bond donors (Lipinski definition) is 1. The minimum absolute atomic E-state index is 0.349. The molecule has 1 aliphatic rings. The fourth-order valence-corrected chi connectivity index (χ4v) is 2.58. The van der Waals surface area contributed by atoms with Crippen LogP contribution in [0.1, 0.15) is 25.3 Å². The zero-order valence-electron chi connectivity index (χ0n) is 9.88. The molecule has 0 saturated carbocycles. The van der Waals surface area contributed by atoms with E-state index in [-0.39, 0.29) is 0 Å². The van der Waals surface area contributed by atoms with Gasteiger partial charge in [-0.1, -0.05) is 29.3 Å². The highest BCUT2D eigenvalue weighted by Gasteiger charge is 2.18. The molecule has 4 heteroatoms. The number of benzene rings is 1. The minimum Gasteiger partial charge on any atom is -0.378 e. The molecule has 1 fully saturated rings. The highest BCUT2D eigenvalue weighted by atomic mass is 35.5. The van der Waals surface area contributed by atoms with Crippen LogP contribution in [-0.4, -0.2) is 18.8 Å². The molecule has 2 atom stereocenters. The molecule has 94 valence electrons. The van der Waals surface area contributed by atoms with Crippen molar-refractivity contribution in [3.05, 3.63) is 33.8 Å². The van der Waals surface area contributed by atoms with E-state index in [4.69, 9.17) is 27.9 Å². The predicted octanol–water partition coefficient (Wildman–Crippen LogP) is 3.65. The first kappa shape index (κ1) is 13.2. The van der Waals surface area contributed by atoms with Crippen molar-refractivity contribution in [2.75, 3.05) is 6.61 Å². The maximum atomic E-state index is 6.13. The molecule has 2 rings (SSSR count). The van der Waals surface area contributed by atoms with Gasteiger partial charge in [-0.05, 0) is 37.5 Å². The molecule has 1 heterocycles. The maximum Gasteiger partial charge on any atom is 0.0561 e. The van der Waals surface area contributed by atoms with Gasteiger partial charge in [-0.15, -0.1) is 0 Å². The second-order valence-corrected chi connectivity index (χ2v) is 5.36. The highest BCUT2D eigenvalue weighted by Crippen LogP contribution is 2.21. The first-order chi connectivity index (χ1) is 8.15. The molecular weight excluding hydrogens is 257 g/mol. The van der Waals surface area contributed by atoms with Crippen molar-refractivity contribution in [1.82, 2.24) is 5.32 Å². The zero-order chi connectivity index (χ0) is 12.3. The van der Waals surface area contributed by atoms with E-state index in [1.807, 2.05) is 12.1 Å². The second kappa shape index (κ2) is 6.05. The van der Waals surface area contributed by atoms with Gasteiger partial charge in [-0.3, -0.25) is 0 Å². The normalized spacial score (nSPS) is 24.9. The van der Waals surface area contributed by atoms with Gasteiger partial charge in [0.15, 0.2) is 0 Å². The topological polar surface area (TPSA) is 21.3 Å².